The molecule has 1 aromatic heterocycles. The molecule has 1 amide bonds. The van der Waals surface area contributed by atoms with Crippen LogP contribution in [0.2, 0.25) is 0 Å². The molecular formula is C26H34N4O2. The molecule has 2 aromatic carbocycles. The molecule has 0 saturated carbocycles. The van der Waals surface area contributed by atoms with Crippen LogP contribution in [-0.4, -0.2) is 46.7 Å². The van der Waals surface area contributed by atoms with Crippen LogP contribution in [-0.2, 0) is 16.7 Å². The Morgan fingerprint density at radius 3 is 2.41 bits per heavy atom. The van der Waals surface area contributed by atoms with E-state index in [0.29, 0.717) is 11.6 Å². The highest BCUT2D eigenvalue weighted by Crippen LogP contribution is 2.26. The Balaban J connectivity index is 1.55. The predicted molar refractivity (Wildman–Crippen MR) is 129 cm³/mol. The quantitative estimate of drug-likeness (QED) is 0.614. The number of fused-ring (bicyclic) bond motifs is 1. The van der Waals surface area contributed by atoms with Gasteiger partial charge >= 0.3 is 0 Å². The third kappa shape index (κ3) is 4.87. The minimum atomic E-state index is -0.110. The molecule has 1 saturated heterocycles. The van der Waals surface area contributed by atoms with Gasteiger partial charge in [-0.3, -0.25) is 9.69 Å². The maximum Gasteiger partial charge on any atom is 0.255 e. The number of amides is 1. The van der Waals surface area contributed by atoms with Crippen molar-refractivity contribution in [2.45, 2.75) is 52.6 Å². The van der Waals surface area contributed by atoms with E-state index in [4.69, 9.17) is 9.72 Å². The Hall–Kier alpha value is -2.70. The molecule has 1 aliphatic rings. The smallest absolute Gasteiger partial charge is 0.255 e. The van der Waals surface area contributed by atoms with Crippen molar-refractivity contribution in [3.8, 4) is 0 Å². The molecule has 32 heavy (non-hydrogen) atoms. The van der Waals surface area contributed by atoms with Crippen LogP contribution in [0.15, 0.2) is 42.5 Å². The zero-order valence-corrected chi connectivity index (χ0v) is 19.8. The number of benzene rings is 2. The van der Waals surface area contributed by atoms with Crippen LogP contribution in [0.1, 0.15) is 62.4 Å². The molecule has 3 aromatic rings. The fraction of sp³-hybridized carbons (Fsp3) is 0.462. The fourth-order valence-corrected chi connectivity index (χ4v) is 4.20. The molecular weight excluding hydrogens is 400 g/mol. The van der Waals surface area contributed by atoms with E-state index in [0.717, 1.165) is 55.4 Å². The lowest BCUT2D eigenvalue weighted by Crippen LogP contribution is -2.36. The number of carbonyl (C=O) groups excluding carboxylic acids is 1. The van der Waals surface area contributed by atoms with Crippen molar-refractivity contribution in [1.82, 2.24) is 14.5 Å². The number of morpholine rings is 1. The molecule has 1 N–H and O–H groups in total. The summed E-state index contributed by atoms with van der Waals surface area (Å²) in [4.78, 5) is 20.1. The van der Waals surface area contributed by atoms with Crippen LogP contribution in [0.5, 0.6) is 0 Å². The summed E-state index contributed by atoms with van der Waals surface area (Å²) >= 11 is 0. The first-order valence-corrected chi connectivity index (χ1v) is 11.5. The summed E-state index contributed by atoms with van der Waals surface area (Å²) in [6, 6.07) is 14.1. The molecule has 2 heterocycles. The van der Waals surface area contributed by atoms with Crippen LogP contribution in [0, 0.1) is 0 Å². The Morgan fingerprint density at radius 1 is 1.09 bits per heavy atom. The van der Waals surface area contributed by atoms with E-state index >= 15 is 0 Å². The Labute approximate surface area is 190 Å². The van der Waals surface area contributed by atoms with Gasteiger partial charge in [0.1, 0.15) is 5.82 Å². The van der Waals surface area contributed by atoms with E-state index in [1.807, 2.05) is 36.4 Å². The van der Waals surface area contributed by atoms with E-state index in [1.165, 1.54) is 5.56 Å². The van der Waals surface area contributed by atoms with Gasteiger partial charge in [0.05, 0.1) is 30.8 Å². The fourth-order valence-electron chi connectivity index (χ4n) is 4.20. The van der Waals surface area contributed by atoms with Crippen molar-refractivity contribution in [3.05, 3.63) is 59.4 Å². The lowest BCUT2D eigenvalue weighted by molar-refractivity contribution is 0.0325. The van der Waals surface area contributed by atoms with Crippen molar-refractivity contribution >= 4 is 22.6 Å². The molecule has 170 valence electrons. The number of imidazole rings is 1. The number of hydrogen-bond acceptors (Lipinski definition) is 4. The average Bonchev–Trinajstić information content (AvgIpc) is 3.11. The lowest BCUT2D eigenvalue weighted by Gasteiger charge is -2.27. The van der Waals surface area contributed by atoms with Gasteiger partial charge in [-0.15, -0.1) is 0 Å². The van der Waals surface area contributed by atoms with Crippen LogP contribution < -0.4 is 5.32 Å². The molecule has 6 nitrogen and oxygen atoms in total. The molecule has 6 heteroatoms. The molecule has 0 radical (unpaired) electrons. The predicted octanol–water partition coefficient (Wildman–Crippen LogP) is 5.00. The number of nitrogens with zero attached hydrogens (tertiary/aromatic N) is 3. The van der Waals surface area contributed by atoms with E-state index in [2.05, 4.69) is 55.5 Å². The number of hydrogen-bond donors (Lipinski definition) is 1. The van der Waals surface area contributed by atoms with Gasteiger partial charge in [-0.2, -0.15) is 0 Å². The average molecular weight is 435 g/mol. The second-order valence-corrected chi connectivity index (χ2v) is 9.87. The number of ether oxygens (including phenoxy) is 1. The number of nitrogens with one attached hydrogen (secondary N) is 1. The van der Waals surface area contributed by atoms with Crippen molar-refractivity contribution < 1.29 is 9.53 Å². The van der Waals surface area contributed by atoms with Gasteiger partial charge in [-0.1, -0.05) is 32.9 Å². The third-order valence-corrected chi connectivity index (χ3v) is 6.02. The summed E-state index contributed by atoms with van der Waals surface area (Å²) in [5.74, 6) is 0.944. The maximum absolute atomic E-state index is 12.8. The molecule has 0 atom stereocenters. The third-order valence-electron chi connectivity index (χ3n) is 6.02. The molecule has 1 aliphatic heterocycles. The second-order valence-electron chi connectivity index (χ2n) is 9.87. The molecule has 0 aliphatic carbocycles. The summed E-state index contributed by atoms with van der Waals surface area (Å²) in [5, 5.41) is 3.03. The van der Waals surface area contributed by atoms with Crippen LogP contribution in [0.4, 0.5) is 5.69 Å². The van der Waals surface area contributed by atoms with Crippen molar-refractivity contribution in [2.24, 2.45) is 0 Å². The first kappa shape index (κ1) is 22.5. The first-order valence-electron chi connectivity index (χ1n) is 11.5. The maximum atomic E-state index is 12.8. The Bertz CT molecular complexity index is 1090. The normalized spacial score (nSPS) is 15.4. The zero-order valence-electron chi connectivity index (χ0n) is 19.8. The second kappa shape index (κ2) is 9.04. The van der Waals surface area contributed by atoms with Crippen molar-refractivity contribution in [3.63, 3.8) is 0 Å². The minimum Gasteiger partial charge on any atom is -0.379 e. The van der Waals surface area contributed by atoms with Gasteiger partial charge in [-0.25, -0.2) is 4.98 Å². The lowest BCUT2D eigenvalue weighted by atomic mass is 9.87. The van der Waals surface area contributed by atoms with Gasteiger partial charge < -0.3 is 14.6 Å². The van der Waals surface area contributed by atoms with Gasteiger partial charge in [0.2, 0.25) is 0 Å². The standard InChI is InChI=1S/C26H34N4O2/c1-18(2)30-23-11-10-21(16-22(23)28-24(30)17-29-12-14-32-15-13-29)27-25(31)19-6-8-20(9-7-19)26(3,4)5/h6-11,16,18H,12-15,17H2,1-5H3,(H,27,31). The number of rotatable bonds is 5. The van der Waals surface area contributed by atoms with Crippen LogP contribution in [0.25, 0.3) is 11.0 Å². The largest absolute Gasteiger partial charge is 0.379 e. The Morgan fingerprint density at radius 2 is 1.78 bits per heavy atom. The van der Waals surface area contributed by atoms with E-state index in [1.54, 1.807) is 0 Å². The zero-order chi connectivity index (χ0) is 22.9. The Kier molecular flexibility index (Phi) is 6.35. The van der Waals surface area contributed by atoms with E-state index in [9.17, 15) is 4.79 Å². The summed E-state index contributed by atoms with van der Waals surface area (Å²) in [5.41, 5.74) is 4.68. The SMILES string of the molecule is CC(C)n1c(CN2CCOCC2)nc2cc(NC(=O)c3ccc(C(C)(C)C)cc3)ccc21. The minimum absolute atomic E-state index is 0.0637. The summed E-state index contributed by atoms with van der Waals surface area (Å²) in [6.07, 6.45) is 0. The molecule has 0 unspecified atom stereocenters. The number of aromatic nitrogens is 2. The molecule has 1 fully saturated rings. The highest BCUT2D eigenvalue weighted by Gasteiger charge is 2.19. The van der Waals surface area contributed by atoms with Crippen molar-refractivity contribution in [1.29, 1.82) is 0 Å². The summed E-state index contributed by atoms with van der Waals surface area (Å²) in [7, 11) is 0. The van der Waals surface area contributed by atoms with Gasteiger partial charge in [0, 0.05) is 30.4 Å². The molecule has 0 bridgehead atoms. The monoisotopic (exact) mass is 434 g/mol. The molecule has 4 rings (SSSR count). The highest BCUT2D eigenvalue weighted by molar-refractivity contribution is 6.05. The van der Waals surface area contributed by atoms with E-state index < -0.39 is 0 Å². The van der Waals surface area contributed by atoms with E-state index in [-0.39, 0.29) is 11.3 Å². The number of anilines is 1. The van der Waals surface area contributed by atoms with Crippen LogP contribution >= 0.6 is 0 Å². The summed E-state index contributed by atoms with van der Waals surface area (Å²) in [6.45, 7) is 15.1. The van der Waals surface area contributed by atoms with Crippen molar-refractivity contribution in [2.75, 3.05) is 31.6 Å². The van der Waals surface area contributed by atoms with Gasteiger partial charge in [0.15, 0.2) is 0 Å². The topological polar surface area (TPSA) is 59.4 Å². The molecule has 0 spiro atoms. The van der Waals surface area contributed by atoms with Gasteiger partial charge in [-0.05, 0) is 55.2 Å². The number of carbonyl (C=O) groups is 1. The van der Waals surface area contributed by atoms with Gasteiger partial charge in [0.25, 0.3) is 5.91 Å². The van der Waals surface area contributed by atoms with Crippen LogP contribution in [0.3, 0.4) is 0 Å². The first-order chi connectivity index (χ1) is 15.2. The summed E-state index contributed by atoms with van der Waals surface area (Å²) < 4.78 is 7.77. The highest BCUT2D eigenvalue weighted by atomic mass is 16.5.